The molecule has 0 aromatic carbocycles. The fourth-order valence-corrected chi connectivity index (χ4v) is 1.90. The zero-order valence-electron chi connectivity index (χ0n) is 11.6. The van der Waals surface area contributed by atoms with Gasteiger partial charge in [-0.25, -0.2) is 0 Å². The maximum Gasteiger partial charge on any atom is 0.222 e. The van der Waals surface area contributed by atoms with E-state index in [2.05, 4.69) is 6.92 Å². The van der Waals surface area contributed by atoms with Crippen molar-refractivity contribution in [3.8, 4) is 0 Å². The molecule has 0 aromatic heterocycles. The van der Waals surface area contributed by atoms with Crippen LogP contribution in [0, 0.1) is 0 Å². The number of carbonyl (C=O) groups excluding carboxylic acids is 1. The van der Waals surface area contributed by atoms with E-state index in [0.717, 1.165) is 19.4 Å². The third kappa shape index (κ3) is 9.16. The van der Waals surface area contributed by atoms with Crippen molar-refractivity contribution in [2.75, 3.05) is 19.7 Å². The fraction of sp³-hybridized carbons (Fsp3) is 0.929. The largest absolute Gasteiger partial charge is 0.396 e. The molecule has 0 fully saturated rings. The molecule has 0 radical (unpaired) electrons. The van der Waals surface area contributed by atoms with Gasteiger partial charge in [0, 0.05) is 26.1 Å². The lowest BCUT2D eigenvalue weighted by molar-refractivity contribution is -0.131. The molecule has 0 bridgehead atoms. The molecule has 0 saturated heterocycles. The molecule has 0 spiro atoms. The number of unbranched alkanes of at least 4 members (excludes halogenated alkanes) is 4. The highest BCUT2D eigenvalue weighted by molar-refractivity contribution is 5.76. The molecule has 1 amide bonds. The van der Waals surface area contributed by atoms with Gasteiger partial charge in [0.2, 0.25) is 5.91 Å². The first kappa shape index (κ1) is 16.4. The molecule has 0 atom stereocenters. The summed E-state index contributed by atoms with van der Waals surface area (Å²) in [5, 5.41) is 8.83. The van der Waals surface area contributed by atoms with Crippen LogP contribution in [0.25, 0.3) is 0 Å². The van der Waals surface area contributed by atoms with Gasteiger partial charge in [0.1, 0.15) is 0 Å². The van der Waals surface area contributed by atoms with Crippen LogP contribution in [0.5, 0.6) is 0 Å². The van der Waals surface area contributed by atoms with E-state index in [1.54, 1.807) is 0 Å². The van der Waals surface area contributed by atoms with Crippen LogP contribution in [-0.4, -0.2) is 35.6 Å². The Bertz CT molecular complexity index is 183. The SMILES string of the molecule is CCCCCCCN(CCCO)C(=O)CCC. The Hall–Kier alpha value is -0.570. The Kier molecular flexibility index (Phi) is 11.5. The highest BCUT2D eigenvalue weighted by Gasteiger charge is 2.11. The van der Waals surface area contributed by atoms with Crippen LogP contribution in [0.2, 0.25) is 0 Å². The third-order valence-corrected chi connectivity index (χ3v) is 2.93. The normalized spacial score (nSPS) is 10.5. The summed E-state index contributed by atoms with van der Waals surface area (Å²) in [6, 6.07) is 0. The molecule has 3 nitrogen and oxygen atoms in total. The molecule has 0 heterocycles. The van der Waals surface area contributed by atoms with Gasteiger partial charge < -0.3 is 10.0 Å². The van der Waals surface area contributed by atoms with Crippen molar-refractivity contribution >= 4 is 5.91 Å². The standard InChI is InChI=1S/C14H29NO2/c1-3-5-6-7-8-11-15(12-9-13-16)14(17)10-4-2/h16H,3-13H2,1-2H3. The average Bonchev–Trinajstić information content (AvgIpc) is 2.33. The molecule has 3 heteroatoms. The molecule has 0 aliphatic carbocycles. The second-order valence-electron chi connectivity index (χ2n) is 4.62. The van der Waals surface area contributed by atoms with Gasteiger partial charge in [0.05, 0.1) is 0 Å². The summed E-state index contributed by atoms with van der Waals surface area (Å²) >= 11 is 0. The smallest absolute Gasteiger partial charge is 0.222 e. The molecular weight excluding hydrogens is 214 g/mol. The van der Waals surface area contributed by atoms with Gasteiger partial charge in [-0.05, 0) is 19.3 Å². The van der Waals surface area contributed by atoms with E-state index in [0.29, 0.717) is 19.4 Å². The molecule has 0 rings (SSSR count). The molecule has 0 aliphatic rings. The Morgan fingerprint density at radius 2 is 1.59 bits per heavy atom. The summed E-state index contributed by atoms with van der Waals surface area (Å²) in [7, 11) is 0. The minimum atomic E-state index is 0.172. The van der Waals surface area contributed by atoms with Crippen molar-refractivity contribution in [1.29, 1.82) is 0 Å². The summed E-state index contributed by atoms with van der Waals surface area (Å²) in [6.07, 6.45) is 8.37. The van der Waals surface area contributed by atoms with Gasteiger partial charge in [-0.15, -0.1) is 0 Å². The van der Waals surface area contributed by atoms with E-state index in [9.17, 15) is 4.79 Å². The van der Waals surface area contributed by atoms with Crippen molar-refractivity contribution in [2.24, 2.45) is 0 Å². The number of hydrogen-bond acceptors (Lipinski definition) is 2. The predicted molar refractivity (Wildman–Crippen MR) is 71.9 cm³/mol. The molecule has 1 N–H and O–H groups in total. The van der Waals surface area contributed by atoms with E-state index in [1.165, 1.54) is 25.7 Å². The lowest BCUT2D eigenvalue weighted by atomic mass is 10.1. The van der Waals surface area contributed by atoms with Crippen LogP contribution < -0.4 is 0 Å². The first-order valence-corrected chi connectivity index (χ1v) is 7.14. The topological polar surface area (TPSA) is 40.5 Å². The summed E-state index contributed by atoms with van der Waals surface area (Å²) in [5.41, 5.74) is 0. The number of carbonyl (C=O) groups is 1. The van der Waals surface area contributed by atoms with Gasteiger partial charge in [-0.1, -0.05) is 39.5 Å². The zero-order chi connectivity index (χ0) is 12.9. The monoisotopic (exact) mass is 243 g/mol. The number of aliphatic hydroxyl groups is 1. The van der Waals surface area contributed by atoms with Crippen LogP contribution in [-0.2, 0) is 4.79 Å². The van der Waals surface area contributed by atoms with E-state index in [-0.39, 0.29) is 12.5 Å². The number of aliphatic hydroxyl groups excluding tert-OH is 1. The Balaban J connectivity index is 3.80. The van der Waals surface area contributed by atoms with Crippen molar-refractivity contribution in [3.63, 3.8) is 0 Å². The van der Waals surface area contributed by atoms with Gasteiger partial charge in [-0.2, -0.15) is 0 Å². The van der Waals surface area contributed by atoms with E-state index in [4.69, 9.17) is 5.11 Å². The number of rotatable bonds is 11. The number of amides is 1. The maximum atomic E-state index is 11.8. The van der Waals surface area contributed by atoms with Crippen LogP contribution >= 0.6 is 0 Å². The number of hydrogen-bond donors (Lipinski definition) is 1. The van der Waals surface area contributed by atoms with Crippen molar-refractivity contribution in [3.05, 3.63) is 0 Å². The highest BCUT2D eigenvalue weighted by Crippen LogP contribution is 2.06. The first-order valence-electron chi connectivity index (χ1n) is 7.14. The molecule has 0 aromatic rings. The Morgan fingerprint density at radius 3 is 2.18 bits per heavy atom. The lowest BCUT2D eigenvalue weighted by Crippen LogP contribution is -2.33. The van der Waals surface area contributed by atoms with Crippen LogP contribution in [0.3, 0.4) is 0 Å². The van der Waals surface area contributed by atoms with Crippen LogP contribution in [0.15, 0.2) is 0 Å². The van der Waals surface area contributed by atoms with E-state index >= 15 is 0 Å². The first-order chi connectivity index (χ1) is 8.26. The van der Waals surface area contributed by atoms with Crippen molar-refractivity contribution in [2.45, 2.75) is 65.2 Å². The Morgan fingerprint density at radius 1 is 0.941 bits per heavy atom. The van der Waals surface area contributed by atoms with Crippen LogP contribution in [0.4, 0.5) is 0 Å². The molecule has 102 valence electrons. The molecular formula is C14H29NO2. The Labute approximate surface area is 106 Å². The van der Waals surface area contributed by atoms with Crippen molar-refractivity contribution < 1.29 is 9.90 Å². The lowest BCUT2D eigenvalue weighted by Gasteiger charge is -2.22. The van der Waals surface area contributed by atoms with Crippen LogP contribution in [0.1, 0.15) is 65.2 Å². The second-order valence-corrected chi connectivity index (χ2v) is 4.62. The van der Waals surface area contributed by atoms with E-state index in [1.807, 2.05) is 11.8 Å². The van der Waals surface area contributed by atoms with Gasteiger partial charge >= 0.3 is 0 Å². The number of nitrogens with zero attached hydrogens (tertiary/aromatic N) is 1. The van der Waals surface area contributed by atoms with Crippen molar-refractivity contribution in [1.82, 2.24) is 4.90 Å². The van der Waals surface area contributed by atoms with Gasteiger partial charge in [0.25, 0.3) is 0 Å². The second kappa shape index (κ2) is 11.9. The zero-order valence-corrected chi connectivity index (χ0v) is 11.6. The summed E-state index contributed by atoms with van der Waals surface area (Å²) < 4.78 is 0. The highest BCUT2D eigenvalue weighted by atomic mass is 16.3. The summed E-state index contributed by atoms with van der Waals surface area (Å²) in [4.78, 5) is 13.7. The molecule has 17 heavy (non-hydrogen) atoms. The molecule has 0 aliphatic heterocycles. The molecule has 0 unspecified atom stereocenters. The van der Waals surface area contributed by atoms with Gasteiger partial charge in [0.15, 0.2) is 0 Å². The maximum absolute atomic E-state index is 11.8. The quantitative estimate of drug-likeness (QED) is 0.567. The predicted octanol–water partition coefficient (Wildman–Crippen LogP) is 2.97. The average molecular weight is 243 g/mol. The summed E-state index contributed by atoms with van der Waals surface area (Å²) in [5.74, 6) is 0.247. The minimum Gasteiger partial charge on any atom is -0.396 e. The molecule has 0 saturated carbocycles. The third-order valence-electron chi connectivity index (χ3n) is 2.93. The minimum absolute atomic E-state index is 0.172. The van der Waals surface area contributed by atoms with E-state index < -0.39 is 0 Å². The fourth-order valence-electron chi connectivity index (χ4n) is 1.90. The summed E-state index contributed by atoms with van der Waals surface area (Å²) in [6.45, 7) is 5.99. The van der Waals surface area contributed by atoms with Gasteiger partial charge in [-0.3, -0.25) is 4.79 Å².